The van der Waals surface area contributed by atoms with Gasteiger partial charge in [0.05, 0.1) is 5.92 Å². The summed E-state index contributed by atoms with van der Waals surface area (Å²) < 4.78 is 0. The van der Waals surface area contributed by atoms with Crippen LogP contribution in [0.4, 0.5) is 0 Å². The van der Waals surface area contributed by atoms with Crippen molar-refractivity contribution in [3.05, 3.63) is 0 Å². The van der Waals surface area contributed by atoms with Crippen molar-refractivity contribution < 1.29 is 14.7 Å². The Kier molecular flexibility index (Phi) is 3.25. The molecule has 19 heavy (non-hydrogen) atoms. The number of likely N-dealkylation sites (tertiary alicyclic amines) is 1. The number of fused-ring (bicyclic) bond motifs is 1. The predicted molar refractivity (Wildman–Crippen MR) is 69.5 cm³/mol. The third kappa shape index (κ3) is 2.04. The molecule has 5 atom stereocenters. The molecule has 0 spiro atoms. The van der Waals surface area contributed by atoms with Gasteiger partial charge in [0.15, 0.2) is 0 Å². The van der Waals surface area contributed by atoms with Gasteiger partial charge in [0, 0.05) is 13.1 Å². The molecule has 1 saturated carbocycles. The van der Waals surface area contributed by atoms with Crippen molar-refractivity contribution in [1.82, 2.24) is 10.2 Å². The minimum absolute atomic E-state index is 0.0410. The number of amides is 1. The molecule has 2 heterocycles. The molecule has 3 fully saturated rings. The Hall–Kier alpha value is -1.10. The number of carboxylic acids is 1. The molecular formula is C14H22N2O3. The van der Waals surface area contributed by atoms with E-state index >= 15 is 0 Å². The molecular weight excluding hydrogens is 244 g/mol. The molecule has 0 radical (unpaired) electrons. The predicted octanol–water partition coefficient (Wildman–Crippen LogP) is 0.554. The summed E-state index contributed by atoms with van der Waals surface area (Å²) in [5.74, 6) is 0.101. The van der Waals surface area contributed by atoms with Gasteiger partial charge in [-0.15, -0.1) is 0 Å². The molecule has 1 amide bonds. The lowest BCUT2D eigenvalue weighted by atomic mass is 9.93. The van der Waals surface area contributed by atoms with Gasteiger partial charge in [-0.2, -0.15) is 0 Å². The highest BCUT2D eigenvalue weighted by Crippen LogP contribution is 2.43. The van der Waals surface area contributed by atoms with Crippen molar-refractivity contribution in [2.45, 2.75) is 32.2 Å². The number of rotatable bonds is 2. The zero-order valence-corrected chi connectivity index (χ0v) is 11.3. The van der Waals surface area contributed by atoms with Crippen molar-refractivity contribution in [3.63, 3.8) is 0 Å². The Labute approximate surface area is 113 Å². The first-order valence-corrected chi connectivity index (χ1v) is 7.33. The molecule has 0 aromatic carbocycles. The van der Waals surface area contributed by atoms with Crippen molar-refractivity contribution in [1.29, 1.82) is 0 Å². The number of aliphatic carboxylic acids is 1. The van der Waals surface area contributed by atoms with Crippen molar-refractivity contribution >= 4 is 11.9 Å². The summed E-state index contributed by atoms with van der Waals surface area (Å²) in [6, 6.07) is -0.576. The molecule has 1 aliphatic carbocycles. The molecule has 2 N–H and O–H groups in total. The number of nitrogens with zero attached hydrogens (tertiary/aromatic N) is 1. The van der Waals surface area contributed by atoms with Gasteiger partial charge in [-0.05, 0) is 37.1 Å². The molecule has 0 bridgehead atoms. The Morgan fingerprint density at radius 2 is 2.05 bits per heavy atom. The maximum absolute atomic E-state index is 12.6. The zero-order chi connectivity index (χ0) is 13.6. The zero-order valence-electron chi connectivity index (χ0n) is 11.3. The van der Waals surface area contributed by atoms with E-state index in [0.29, 0.717) is 24.9 Å². The van der Waals surface area contributed by atoms with Gasteiger partial charge in [-0.25, -0.2) is 4.79 Å². The average Bonchev–Trinajstić information content (AvgIpc) is 3.00. The Bertz CT molecular complexity index is 398. The Morgan fingerprint density at radius 3 is 2.68 bits per heavy atom. The summed E-state index contributed by atoms with van der Waals surface area (Å²) in [7, 11) is 0. The van der Waals surface area contributed by atoms with Gasteiger partial charge in [0.1, 0.15) is 6.04 Å². The first-order chi connectivity index (χ1) is 9.09. The van der Waals surface area contributed by atoms with Crippen LogP contribution in [0.3, 0.4) is 0 Å². The third-order valence-electron chi connectivity index (χ3n) is 5.26. The first-order valence-electron chi connectivity index (χ1n) is 7.33. The van der Waals surface area contributed by atoms with Crippen LogP contribution in [-0.2, 0) is 9.59 Å². The summed E-state index contributed by atoms with van der Waals surface area (Å²) in [6.07, 6.45) is 3.16. The lowest BCUT2D eigenvalue weighted by Gasteiger charge is -2.28. The summed E-state index contributed by atoms with van der Waals surface area (Å²) >= 11 is 0. The highest BCUT2D eigenvalue weighted by Gasteiger charge is 2.51. The van der Waals surface area contributed by atoms with Crippen LogP contribution < -0.4 is 5.32 Å². The fraction of sp³-hybridized carbons (Fsp3) is 0.857. The van der Waals surface area contributed by atoms with Crippen molar-refractivity contribution in [2.75, 3.05) is 19.6 Å². The van der Waals surface area contributed by atoms with Gasteiger partial charge in [-0.3, -0.25) is 4.79 Å². The van der Waals surface area contributed by atoms with Gasteiger partial charge >= 0.3 is 5.97 Å². The van der Waals surface area contributed by atoms with Crippen LogP contribution in [0.5, 0.6) is 0 Å². The minimum atomic E-state index is -0.818. The highest BCUT2D eigenvalue weighted by atomic mass is 16.4. The van der Waals surface area contributed by atoms with Crippen LogP contribution in [0.1, 0.15) is 26.2 Å². The molecule has 3 unspecified atom stereocenters. The molecule has 5 nitrogen and oxygen atoms in total. The van der Waals surface area contributed by atoms with E-state index in [1.165, 1.54) is 0 Å². The van der Waals surface area contributed by atoms with Gasteiger partial charge in [0.25, 0.3) is 0 Å². The van der Waals surface area contributed by atoms with E-state index in [1.54, 1.807) is 4.90 Å². The second-order valence-electron chi connectivity index (χ2n) is 6.37. The largest absolute Gasteiger partial charge is 0.480 e. The summed E-state index contributed by atoms with van der Waals surface area (Å²) in [5, 5.41) is 12.7. The van der Waals surface area contributed by atoms with E-state index in [9.17, 15) is 14.7 Å². The van der Waals surface area contributed by atoms with Gasteiger partial charge in [-0.1, -0.05) is 13.3 Å². The molecule has 3 rings (SSSR count). The van der Waals surface area contributed by atoms with Crippen LogP contribution in [0.15, 0.2) is 0 Å². The van der Waals surface area contributed by atoms with E-state index in [0.717, 1.165) is 25.8 Å². The second kappa shape index (κ2) is 4.78. The van der Waals surface area contributed by atoms with Crippen LogP contribution in [0.25, 0.3) is 0 Å². The highest BCUT2D eigenvalue weighted by molar-refractivity contribution is 5.86. The fourth-order valence-electron chi connectivity index (χ4n) is 4.20. The van der Waals surface area contributed by atoms with E-state index in [4.69, 9.17) is 0 Å². The van der Waals surface area contributed by atoms with Gasteiger partial charge in [0.2, 0.25) is 5.91 Å². The quantitative estimate of drug-likeness (QED) is 0.766. The van der Waals surface area contributed by atoms with Crippen LogP contribution in [0.2, 0.25) is 0 Å². The summed E-state index contributed by atoms with van der Waals surface area (Å²) in [5.41, 5.74) is 0. The monoisotopic (exact) mass is 266 g/mol. The minimum Gasteiger partial charge on any atom is -0.480 e. The maximum Gasteiger partial charge on any atom is 0.326 e. The Balaban J connectivity index is 1.79. The smallest absolute Gasteiger partial charge is 0.326 e. The summed E-state index contributed by atoms with van der Waals surface area (Å²) in [4.78, 5) is 25.8. The molecule has 0 aromatic heterocycles. The molecule has 0 aromatic rings. The number of carbonyl (C=O) groups excluding carboxylic acids is 1. The number of hydrogen-bond acceptors (Lipinski definition) is 3. The van der Waals surface area contributed by atoms with Crippen LogP contribution in [0, 0.1) is 23.7 Å². The standard InChI is InChI=1S/C14H22N2O3/c1-8-5-15-6-11(8)13(17)16-7-9-3-2-4-10(9)12(16)14(18)19/h8-12,15H,2-7H2,1H3,(H,18,19)/t8-,9?,10?,11-,12?/m1/s1. The fourth-order valence-corrected chi connectivity index (χ4v) is 4.20. The van der Waals surface area contributed by atoms with Crippen LogP contribution >= 0.6 is 0 Å². The third-order valence-corrected chi connectivity index (χ3v) is 5.26. The number of carboxylic acid groups (broad SMARTS) is 1. The van der Waals surface area contributed by atoms with Crippen molar-refractivity contribution in [2.24, 2.45) is 23.7 Å². The Morgan fingerprint density at radius 1 is 1.26 bits per heavy atom. The molecule has 3 aliphatic rings. The van der Waals surface area contributed by atoms with Crippen molar-refractivity contribution in [3.8, 4) is 0 Å². The lowest BCUT2D eigenvalue weighted by molar-refractivity contribution is -0.151. The normalized spacial score (nSPS) is 41.5. The molecule has 106 valence electrons. The van der Waals surface area contributed by atoms with E-state index in [-0.39, 0.29) is 17.7 Å². The number of nitrogens with one attached hydrogen (secondary N) is 1. The van der Waals surface area contributed by atoms with E-state index in [2.05, 4.69) is 12.2 Å². The molecule has 5 heteroatoms. The summed E-state index contributed by atoms with van der Waals surface area (Å²) in [6.45, 7) is 4.27. The topological polar surface area (TPSA) is 69.6 Å². The second-order valence-corrected chi connectivity index (χ2v) is 6.37. The SMILES string of the molecule is C[C@@H]1CNC[C@H]1C(=O)N1CC2CCCC2C1C(=O)O. The molecule has 2 aliphatic heterocycles. The van der Waals surface area contributed by atoms with Crippen LogP contribution in [-0.4, -0.2) is 47.6 Å². The lowest BCUT2D eigenvalue weighted by Crippen LogP contribution is -2.47. The number of hydrogen-bond donors (Lipinski definition) is 2. The van der Waals surface area contributed by atoms with Gasteiger partial charge < -0.3 is 15.3 Å². The maximum atomic E-state index is 12.6. The van der Waals surface area contributed by atoms with E-state index in [1.807, 2.05) is 0 Å². The first kappa shape index (κ1) is 12.9. The molecule has 2 saturated heterocycles. The van der Waals surface area contributed by atoms with E-state index < -0.39 is 12.0 Å². The number of carbonyl (C=O) groups is 2. The average molecular weight is 266 g/mol.